The fraction of sp³-hybridized carbons (Fsp3) is 0. The van der Waals surface area contributed by atoms with Crippen molar-refractivity contribution in [3.63, 3.8) is 0 Å². The molecule has 0 rings (SSSR count). The van der Waals surface area contributed by atoms with Crippen LogP contribution in [-0.4, -0.2) is 5.01 Å². The van der Waals surface area contributed by atoms with E-state index in [2.05, 4.69) is 5.84 Å². The second kappa shape index (κ2) is 9.18. The van der Waals surface area contributed by atoms with Crippen molar-refractivity contribution < 1.29 is 0 Å². The van der Waals surface area contributed by atoms with Gasteiger partial charge in [0.05, 0.1) is 0 Å². The van der Waals surface area contributed by atoms with Crippen molar-refractivity contribution in [2.24, 2.45) is 5.84 Å². The summed E-state index contributed by atoms with van der Waals surface area (Å²) in [5.74, 6) is 4.58. The van der Waals surface area contributed by atoms with Gasteiger partial charge in [-0.15, -0.1) is 5.01 Å². The van der Waals surface area contributed by atoms with Crippen molar-refractivity contribution in [2.45, 2.75) is 0 Å². The lowest BCUT2D eigenvalue weighted by molar-refractivity contribution is 0.582. The molecule has 0 saturated carbocycles. The van der Waals surface area contributed by atoms with E-state index in [0.717, 1.165) is 0 Å². The summed E-state index contributed by atoms with van der Waals surface area (Å²) in [4.78, 5) is 0. The molecule has 46 valence electrons. The summed E-state index contributed by atoms with van der Waals surface area (Å²) in [5, 5.41) is 15.7. The Labute approximate surface area is 47.2 Å². The lowest BCUT2D eigenvalue weighted by atomic mass is 11.1. The number of nitriles is 2. The van der Waals surface area contributed by atoms with Gasteiger partial charge in [-0.05, 0) is 0 Å². The molecule has 0 radical (unpaired) electrons. The minimum absolute atomic E-state index is 0. The predicted octanol–water partition coefficient (Wildman–Crippen LogP) is -0.552. The Morgan fingerprint density at radius 2 is 1.38 bits per heavy atom. The summed E-state index contributed by atoms with van der Waals surface area (Å²) >= 11 is 0. The van der Waals surface area contributed by atoms with Gasteiger partial charge in [0.2, 0.25) is 12.4 Å². The molecule has 0 spiro atoms. The van der Waals surface area contributed by atoms with Crippen molar-refractivity contribution in [2.75, 3.05) is 0 Å². The van der Waals surface area contributed by atoms with E-state index in [4.69, 9.17) is 10.5 Å². The normalized spacial score (nSPS) is 3.88. The lowest BCUT2D eigenvalue weighted by Crippen LogP contribution is -2.17. The maximum absolute atomic E-state index is 7.66. The van der Waals surface area contributed by atoms with Gasteiger partial charge in [0.25, 0.3) is 0 Å². The van der Waals surface area contributed by atoms with Gasteiger partial charge in [-0.2, -0.15) is 10.5 Å². The van der Waals surface area contributed by atoms with Crippen LogP contribution in [-0.2, 0) is 0 Å². The van der Waals surface area contributed by atoms with E-state index in [1.54, 1.807) is 0 Å². The van der Waals surface area contributed by atoms with Crippen molar-refractivity contribution in [1.29, 1.82) is 10.5 Å². The summed E-state index contributed by atoms with van der Waals surface area (Å²) in [5.41, 5.74) is 0. The monoisotopic (exact) mass is 116 g/mol. The molecule has 0 heterocycles. The first kappa shape index (κ1) is 15.9. The van der Waals surface area contributed by atoms with Gasteiger partial charge in [-0.25, -0.2) is 5.84 Å². The first-order valence-corrected chi connectivity index (χ1v) is 1.15. The molecule has 0 aliphatic carbocycles. The minimum atomic E-state index is 0. The summed E-state index contributed by atoms with van der Waals surface area (Å²) in [6.45, 7) is 0. The van der Waals surface area contributed by atoms with Gasteiger partial charge in [0.15, 0.2) is 0 Å². The van der Waals surface area contributed by atoms with E-state index in [-0.39, 0.29) is 12.3 Å². The highest BCUT2D eigenvalue weighted by atomic mass is 15.4. The van der Waals surface area contributed by atoms with Crippen LogP contribution < -0.4 is 18.1 Å². The van der Waals surface area contributed by atoms with Gasteiger partial charge in [-0.3, -0.25) is 0 Å². The largest absolute Gasteiger partial charge is 0.344 e. The van der Waals surface area contributed by atoms with E-state index < -0.39 is 0 Å². The summed E-state index contributed by atoms with van der Waals surface area (Å²) in [6.07, 6.45) is 2.73. The van der Waals surface area contributed by atoms with Crippen LogP contribution in [0.25, 0.3) is 0 Å². The Bertz CT molecular complexity index is 90.7. The third-order valence-electron chi connectivity index (χ3n) is 0.215. The fourth-order valence-electron chi connectivity index (χ4n) is 0.0224. The fourth-order valence-corrected chi connectivity index (χ4v) is 0.0224. The average Bonchev–Trinajstić information content (AvgIpc) is 1.65. The second-order valence-electron chi connectivity index (χ2n) is 0.570. The van der Waals surface area contributed by atoms with Crippen LogP contribution in [0.2, 0.25) is 0 Å². The minimum Gasteiger partial charge on any atom is -0.344 e. The van der Waals surface area contributed by atoms with Crippen molar-refractivity contribution >= 4 is 0 Å². The molecule has 0 saturated heterocycles. The van der Waals surface area contributed by atoms with Crippen LogP contribution in [0.3, 0.4) is 0 Å². The van der Waals surface area contributed by atoms with Crippen LogP contribution in [0.4, 0.5) is 0 Å². The van der Waals surface area contributed by atoms with Crippen LogP contribution >= 0.6 is 0 Å². The van der Waals surface area contributed by atoms with Crippen LogP contribution in [0, 0.1) is 22.9 Å². The highest BCUT2D eigenvalue weighted by Gasteiger charge is 1.78. The average molecular weight is 116 g/mol. The SMILES string of the molecule is N.N.N#CN(N)C#N. The number of hydrogen-bond acceptors (Lipinski definition) is 6. The van der Waals surface area contributed by atoms with Gasteiger partial charge in [0, 0.05) is 0 Å². The molecule has 6 nitrogen and oxygen atoms in total. The van der Waals surface area contributed by atoms with Gasteiger partial charge < -0.3 is 12.3 Å². The van der Waals surface area contributed by atoms with Gasteiger partial charge in [0.1, 0.15) is 0 Å². The van der Waals surface area contributed by atoms with Crippen LogP contribution in [0.5, 0.6) is 0 Å². The standard InChI is InChI=1S/C2H2N4.2H3N/c3-1-6(5)2-4;;/h5H2;2*1H3. The molecule has 0 bridgehead atoms. The van der Waals surface area contributed by atoms with Gasteiger partial charge >= 0.3 is 0 Å². The van der Waals surface area contributed by atoms with Crippen LogP contribution in [0.1, 0.15) is 0 Å². The molecular formula is C2H8N6. The summed E-state index contributed by atoms with van der Waals surface area (Å²) < 4.78 is 0. The van der Waals surface area contributed by atoms with Crippen molar-refractivity contribution in [3.05, 3.63) is 0 Å². The Morgan fingerprint density at radius 3 is 1.38 bits per heavy atom. The number of hydrazine groups is 1. The van der Waals surface area contributed by atoms with Gasteiger partial charge in [-0.1, -0.05) is 0 Å². The number of hydrogen-bond donors (Lipinski definition) is 3. The molecule has 0 atom stereocenters. The molecule has 0 unspecified atom stereocenters. The molecule has 0 amide bonds. The Morgan fingerprint density at radius 1 is 1.12 bits per heavy atom. The zero-order valence-corrected chi connectivity index (χ0v) is 4.33. The lowest BCUT2D eigenvalue weighted by Gasteiger charge is -1.84. The zero-order chi connectivity index (χ0) is 4.99. The summed E-state index contributed by atoms with van der Waals surface area (Å²) in [7, 11) is 0. The molecule has 0 aromatic carbocycles. The molecule has 0 fully saturated rings. The quantitative estimate of drug-likeness (QED) is 0.167. The number of nitrogens with two attached hydrogens (primary N) is 1. The first-order chi connectivity index (χ1) is 2.81. The molecule has 8 N–H and O–H groups in total. The van der Waals surface area contributed by atoms with Crippen molar-refractivity contribution in [3.8, 4) is 12.4 Å². The molecule has 0 aromatic rings. The Hall–Kier alpha value is -1.34. The zero-order valence-electron chi connectivity index (χ0n) is 4.33. The molecule has 0 aromatic heterocycles. The molecule has 0 aliphatic rings. The van der Waals surface area contributed by atoms with Crippen LogP contribution in [0.15, 0.2) is 0 Å². The number of rotatable bonds is 0. The first-order valence-electron chi connectivity index (χ1n) is 1.15. The van der Waals surface area contributed by atoms with Crippen molar-refractivity contribution in [1.82, 2.24) is 17.3 Å². The maximum atomic E-state index is 7.66. The Kier molecular flexibility index (Phi) is 18.3. The van der Waals surface area contributed by atoms with E-state index in [1.807, 2.05) is 0 Å². The number of nitrogens with zero attached hydrogens (tertiary/aromatic N) is 3. The Balaban J connectivity index is -0.000000125. The highest BCUT2D eigenvalue weighted by molar-refractivity contribution is 4.78. The highest BCUT2D eigenvalue weighted by Crippen LogP contribution is 1.56. The maximum Gasteiger partial charge on any atom is 0.210 e. The van der Waals surface area contributed by atoms with E-state index >= 15 is 0 Å². The van der Waals surface area contributed by atoms with E-state index in [1.165, 1.54) is 12.4 Å². The molecular weight excluding hydrogens is 108 g/mol. The third-order valence-corrected chi connectivity index (χ3v) is 0.215. The molecule has 8 heavy (non-hydrogen) atoms. The molecule has 6 heteroatoms. The topological polar surface area (TPSA) is 147 Å². The third kappa shape index (κ3) is 8.82. The summed E-state index contributed by atoms with van der Waals surface area (Å²) in [6, 6.07) is 0. The van der Waals surface area contributed by atoms with E-state index in [0.29, 0.717) is 5.01 Å². The molecule has 0 aliphatic heterocycles. The predicted molar refractivity (Wildman–Crippen MR) is 27.3 cm³/mol. The second-order valence-corrected chi connectivity index (χ2v) is 0.570. The smallest absolute Gasteiger partial charge is 0.210 e. The van der Waals surface area contributed by atoms with E-state index in [9.17, 15) is 0 Å².